The zero-order valence-electron chi connectivity index (χ0n) is 17.5. The molecule has 6 nitrogen and oxygen atoms in total. The van der Waals surface area contributed by atoms with Crippen molar-refractivity contribution in [1.82, 2.24) is 24.7 Å². The van der Waals surface area contributed by atoms with Crippen molar-refractivity contribution in [3.8, 4) is 21.8 Å². The van der Waals surface area contributed by atoms with Crippen LogP contribution in [0.25, 0.3) is 32.0 Å². The van der Waals surface area contributed by atoms with Crippen molar-refractivity contribution in [1.29, 1.82) is 0 Å². The number of rotatable bonds is 6. The monoisotopic (exact) mass is 495 g/mol. The van der Waals surface area contributed by atoms with Crippen LogP contribution in [0, 0.1) is 12.7 Å². The Kier molecular flexibility index (Phi) is 5.16. The van der Waals surface area contributed by atoms with Crippen LogP contribution in [0.5, 0.6) is 0 Å². The summed E-state index contributed by atoms with van der Waals surface area (Å²) in [6.07, 6.45) is 2.04. The van der Waals surface area contributed by atoms with E-state index in [-0.39, 0.29) is 17.4 Å². The van der Waals surface area contributed by atoms with Gasteiger partial charge in [0.25, 0.3) is 5.56 Å². The second-order valence-electron chi connectivity index (χ2n) is 7.93. The molecule has 1 saturated carbocycles. The molecule has 1 aromatic carbocycles. The lowest BCUT2D eigenvalue weighted by Gasteiger charge is -2.09. The first-order valence-electron chi connectivity index (χ1n) is 10.5. The molecule has 33 heavy (non-hydrogen) atoms. The summed E-state index contributed by atoms with van der Waals surface area (Å²) in [5.41, 5.74) is 1.25. The fourth-order valence-electron chi connectivity index (χ4n) is 3.82. The normalized spacial score (nSPS) is 13.8. The summed E-state index contributed by atoms with van der Waals surface area (Å²) in [5, 5.41) is 12.0. The van der Waals surface area contributed by atoms with Gasteiger partial charge >= 0.3 is 0 Å². The molecule has 0 amide bonds. The van der Waals surface area contributed by atoms with Gasteiger partial charge in [0, 0.05) is 26.7 Å². The zero-order valence-corrected chi connectivity index (χ0v) is 20.0. The highest BCUT2D eigenvalue weighted by atomic mass is 32.2. The van der Waals surface area contributed by atoms with Gasteiger partial charge in [-0.15, -0.1) is 32.9 Å². The van der Waals surface area contributed by atoms with Gasteiger partial charge in [-0.25, -0.2) is 9.37 Å². The van der Waals surface area contributed by atoms with Crippen LogP contribution in [0.1, 0.15) is 29.6 Å². The van der Waals surface area contributed by atoms with Gasteiger partial charge in [-0.2, -0.15) is 0 Å². The van der Waals surface area contributed by atoms with Gasteiger partial charge < -0.3 is 4.98 Å². The predicted molar refractivity (Wildman–Crippen MR) is 132 cm³/mol. The Bertz CT molecular complexity index is 1550. The Labute approximate surface area is 200 Å². The maximum atomic E-state index is 14.4. The number of hydrogen-bond acceptors (Lipinski definition) is 7. The quantitative estimate of drug-likeness (QED) is 0.290. The largest absolute Gasteiger partial charge is 0.309 e. The minimum absolute atomic E-state index is 0.131. The van der Waals surface area contributed by atoms with Gasteiger partial charge in [0.05, 0.1) is 16.7 Å². The van der Waals surface area contributed by atoms with E-state index in [0.717, 1.165) is 28.1 Å². The maximum absolute atomic E-state index is 14.4. The lowest BCUT2D eigenvalue weighted by atomic mass is 10.2. The zero-order chi connectivity index (χ0) is 22.5. The minimum Gasteiger partial charge on any atom is -0.309 e. The first kappa shape index (κ1) is 20.8. The van der Waals surface area contributed by atoms with E-state index in [2.05, 4.69) is 28.2 Å². The minimum atomic E-state index is -0.311. The molecular formula is C23H18FN5OS3. The van der Waals surface area contributed by atoms with Crippen LogP contribution in [0.2, 0.25) is 0 Å². The van der Waals surface area contributed by atoms with E-state index >= 15 is 0 Å². The van der Waals surface area contributed by atoms with E-state index in [0.29, 0.717) is 33.5 Å². The number of halogens is 1. The SMILES string of the molecule is Cc1ccc(-c2csc3nc(CSc4nnc(-c5ccccc5F)n4C4CC4)[nH]c(=O)c23)s1. The molecule has 0 saturated heterocycles. The smallest absolute Gasteiger partial charge is 0.260 e. The second-order valence-corrected chi connectivity index (χ2v) is 11.0. The third-order valence-electron chi connectivity index (χ3n) is 5.53. The third kappa shape index (κ3) is 3.81. The molecule has 6 rings (SSSR count). The first-order chi connectivity index (χ1) is 16.1. The summed E-state index contributed by atoms with van der Waals surface area (Å²) in [6, 6.07) is 11.0. The van der Waals surface area contributed by atoms with Gasteiger partial charge in [0.1, 0.15) is 16.5 Å². The van der Waals surface area contributed by atoms with Crippen LogP contribution in [0.15, 0.2) is 51.7 Å². The van der Waals surface area contributed by atoms with Crippen molar-refractivity contribution < 1.29 is 4.39 Å². The molecule has 1 aliphatic carbocycles. The number of nitrogens with one attached hydrogen (secondary N) is 1. The highest BCUT2D eigenvalue weighted by Gasteiger charge is 2.31. The molecule has 10 heteroatoms. The summed E-state index contributed by atoms with van der Waals surface area (Å²) in [7, 11) is 0. The highest BCUT2D eigenvalue weighted by molar-refractivity contribution is 7.98. The molecule has 0 bridgehead atoms. The highest BCUT2D eigenvalue weighted by Crippen LogP contribution is 2.42. The van der Waals surface area contributed by atoms with E-state index in [4.69, 9.17) is 4.98 Å². The van der Waals surface area contributed by atoms with Crippen LogP contribution < -0.4 is 5.56 Å². The van der Waals surface area contributed by atoms with Crippen molar-refractivity contribution in [2.75, 3.05) is 0 Å². The van der Waals surface area contributed by atoms with Gasteiger partial charge in [-0.3, -0.25) is 9.36 Å². The summed E-state index contributed by atoms with van der Waals surface area (Å²) in [6.45, 7) is 2.05. The fraction of sp³-hybridized carbons (Fsp3) is 0.217. The van der Waals surface area contributed by atoms with Crippen LogP contribution in [-0.4, -0.2) is 24.7 Å². The number of benzene rings is 1. The number of hydrogen-bond donors (Lipinski definition) is 1. The van der Waals surface area contributed by atoms with Crippen LogP contribution in [0.4, 0.5) is 4.39 Å². The number of nitrogens with zero attached hydrogens (tertiary/aromatic N) is 4. The van der Waals surface area contributed by atoms with Gasteiger partial charge in [0.2, 0.25) is 0 Å². The van der Waals surface area contributed by atoms with Gasteiger partial charge in [0.15, 0.2) is 11.0 Å². The van der Waals surface area contributed by atoms with E-state index in [1.807, 2.05) is 16.0 Å². The molecule has 1 aliphatic rings. The summed E-state index contributed by atoms with van der Waals surface area (Å²) in [4.78, 5) is 23.6. The average Bonchev–Trinajstić information content (AvgIpc) is 3.19. The molecular weight excluding hydrogens is 477 g/mol. The van der Waals surface area contributed by atoms with Crippen LogP contribution >= 0.6 is 34.4 Å². The molecule has 1 fully saturated rings. The lowest BCUT2D eigenvalue weighted by molar-refractivity contribution is 0.622. The van der Waals surface area contributed by atoms with E-state index in [1.54, 1.807) is 29.5 Å². The fourth-order valence-corrected chi connectivity index (χ4v) is 6.62. The second kappa shape index (κ2) is 8.19. The predicted octanol–water partition coefficient (Wildman–Crippen LogP) is 6.05. The molecule has 1 N–H and O–H groups in total. The molecule has 0 unspecified atom stereocenters. The summed E-state index contributed by atoms with van der Waals surface area (Å²) >= 11 is 4.60. The van der Waals surface area contributed by atoms with Crippen molar-refractivity contribution in [2.24, 2.45) is 0 Å². The van der Waals surface area contributed by atoms with Gasteiger partial charge in [-0.05, 0) is 44.0 Å². The standard InChI is InChI=1S/C23H18FN5OS3/c1-12-6-9-17(33-12)15-10-31-22-19(15)21(30)25-18(26-22)11-32-23-28-27-20(29(23)13-7-8-13)14-4-2-3-5-16(14)24/h2-6,9-10,13H,7-8,11H2,1H3,(H,25,26,30). The summed E-state index contributed by atoms with van der Waals surface area (Å²) in [5.74, 6) is 1.27. The molecule has 166 valence electrons. The maximum Gasteiger partial charge on any atom is 0.260 e. The van der Waals surface area contributed by atoms with Gasteiger partial charge in [-0.1, -0.05) is 23.9 Å². The van der Waals surface area contributed by atoms with Crippen molar-refractivity contribution in [2.45, 2.75) is 36.7 Å². The molecule has 0 aliphatic heterocycles. The molecule has 5 aromatic rings. The number of aryl methyl sites for hydroxylation is 1. The Morgan fingerprint density at radius 2 is 2.03 bits per heavy atom. The number of aromatic amines is 1. The molecule has 4 aromatic heterocycles. The molecule has 0 spiro atoms. The van der Waals surface area contributed by atoms with Crippen molar-refractivity contribution >= 4 is 44.7 Å². The van der Waals surface area contributed by atoms with Crippen molar-refractivity contribution in [3.63, 3.8) is 0 Å². The number of thiophene rings is 2. The van der Waals surface area contributed by atoms with Crippen LogP contribution in [-0.2, 0) is 5.75 Å². The Hall–Kier alpha value is -2.82. The van der Waals surface area contributed by atoms with E-state index < -0.39 is 0 Å². The molecule has 0 atom stereocenters. The number of thioether (sulfide) groups is 1. The number of fused-ring (bicyclic) bond motifs is 1. The third-order valence-corrected chi connectivity index (χ3v) is 8.39. The Balaban J connectivity index is 1.30. The van der Waals surface area contributed by atoms with E-state index in [9.17, 15) is 9.18 Å². The molecule has 4 heterocycles. The van der Waals surface area contributed by atoms with E-state index in [1.165, 1.54) is 34.0 Å². The Morgan fingerprint density at radius 1 is 1.18 bits per heavy atom. The van der Waals surface area contributed by atoms with Crippen LogP contribution in [0.3, 0.4) is 0 Å². The number of aromatic nitrogens is 5. The topological polar surface area (TPSA) is 76.5 Å². The first-order valence-corrected chi connectivity index (χ1v) is 13.2. The summed E-state index contributed by atoms with van der Waals surface area (Å²) < 4.78 is 16.4. The Morgan fingerprint density at radius 3 is 2.79 bits per heavy atom. The van der Waals surface area contributed by atoms with Crippen molar-refractivity contribution in [3.05, 3.63) is 68.7 Å². The average molecular weight is 496 g/mol. The lowest BCUT2D eigenvalue weighted by Crippen LogP contribution is -2.11. The number of H-pyrrole nitrogens is 1. The molecule has 0 radical (unpaired) electrons.